The third-order valence-corrected chi connectivity index (χ3v) is 6.68. The van der Waals surface area contributed by atoms with E-state index < -0.39 is 39.6 Å². The first kappa shape index (κ1) is 26.1. The van der Waals surface area contributed by atoms with Gasteiger partial charge in [0.25, 0.3) is 0 Å². The summed E-state index contributed by atoms with van der Waals surface area (Å²) in [6, 6.07) is 3.70. The Bertz CT molecular complexity index is 972. The van der Waals surface area contributed by atoms with E-state index in [1.807, 2.05) is 0 Å². The predicted molar refractivity (Wildman–Crippen MR) is 124 cm³/mol. The number of amides is 1. The summed E-state index contributed by atoms with van der Waals surface area (Å²) in [4.78, 5) is 14.4. The molecule has 1 amide bonds. The average molecular weight is 467 g/mol. The molecule has 1 aromatic rings. The molecule has 2 unspecified atom stereocenters. The highest BCUT2D eigenvalue weighted by Crippen LogP contribution is 2.28. The summed E-state index contributed by atoms with van der Waals surface area (Å²) in [5, 5.41) is 0. The molecule has 2 atom stereocenters. The number of ether oxygens (including phenoxy) is 1. The summed E-state index contributed by atoms with van der Waals surface area (Å²) in [6.07, 6.45) is 1.64. The molecule has 2 rings (SSSR count). The summed E-state index contributed by atoms with van der Waals surface area (Å²) >= 11 is 0. The van der Waals surface area contributed by atoms with Gasteiger partial charge in [0.15, 0.2) is 0 Å². The summed E-state index contributed by atoms with van der Waals surface area (Å²) in [5.74, 6) is 5.80. The van der Waals surface area contributed by atoms with E-state index in [9.17, 15) is 13.2 Å². The number of rotatable bonds is 8. The number of hydrogen-bond donors (Lipinski definition) is 1. The number of halogens is 1. The fourth-order valence-electron chi connectivity index (χ4n) is 3.29. The highest BCUT2D eigenvalue weighted by atomic mass is 32.2. The van der Waals surface area contributed by atoms with E-state index in [0.29, 0.717) is 17.0 Å². The fraction of sp³-hybridized carbons (Fsp3) is 0.625. The monoisotopic (exact) mass is 466 g/mol. The lowest BCUT2D eigenvalue weighted by Crippen LogP contribution is -2.54. The maximum absolute atomic E-state index is 15.2. The van der Waals surface area contributed by atoms with Crippen molar-refractivity contribution in [2.45, 2.75) is 78.5 Å². The van der Waals surface area contributed by atoms with Gasteiger partial charge in [0.05, 0.1) is 17.4 Å². The van der Waals surface area contributed by atoms with Crippen molar-refractivity contribution in [3.8, 4) is 11.8 Å². The van der Waals surface area contributed by atoms with E-state index in [1.165, 1.54) is 11.8 Å². The van der Waals surface area contributed by atoms with Gasteiger partial charge in [0.2, 0.25) is 10.0 Å². The molecule has 0 spiro atoms. The van der Waals surface area contributed by atoms with Crippen LogP contribution in [0.3, 0.4) is 0 Å². The van der Waals surface area contributed by atoms with Crippen molar-refractivity contribution in [1.82, 2.24) is 9.62 Å². The molecule has 0 heterocycles. The number of hydrogen-bond acceptors (Lipinski definition) is 4. The van der Waals surface area contributed by atoms with E-state index in [1.54, 1.807) is 52.8 Å². The summed E-state index contributed by atoms with van der Waals surface area (Å²) < 4.78 is 47.8. The number of nitrogens with zero attached hydrogens (tertiary/aromatic N) is 1. The van der Waals surface area contributed by atoms with Crippen LogP contribution in [0.4, 0.5) is 9.18 Å². The lowest BCUT2D eigenvalue weighted by molar-refractivity contribution is 0.0145. The summed E-state index contributed by atoms with van der Waals surface area (Å²) in [6.45, 7) is 10.6. The van der Waals surface area contributed by atoms with Crippen LogP contribution in [0.5, 0.6) is 0 Å². The highest BCUT2D eigenvalue weighted by molar-refractivity contribution is 7.89. The van der Waals surface area contributed by atoms with E-state index >= 15 is 4.39 Å². The molecule has 1 aliphatic carbocycles. The van der Waals surface area contributed by atoms with Gasteiger partial charge >= 0.3 is 6.09 Å². The van der Waals surface area contributed by atoms with Gasteiger partial charge < -0.3 is 9.64 Å². The minimum absolute atomic E-state index is 0.0940. The molecule has 0 saturated heterocycles. The van der Waals surface area contributed by atoms with Gasteiger partial charge in [0.1, 0.15) is 11.4 Å². The Morgan fingerprint density at radius 2 is 1.97 bits per heavy atom. The van der Waals surface area contributed by atoms with Crippen LogP contribution in [-0.4, -0.2) is 49.4 Å². The molecule has 8 heteroatoms. The second kappa shape index (κ2) is 10.7. The Balaban J connectivity index is 2.38. The number of sulfonamides is 1. The number of likely N-dealkylation sites (N-methyl/N-ethyl adjacent to an activating group) is 1. The van der Waals surface area contributed by atoms with Crippen molar-refractivity contribution in [3.05, 3.63) is 35.1 Å². The molecule has 6 nitrogen and oxygen atoms in total. The third kappa shape index (κ3) is 7.79. The minimum atomic E-state index is -3.53. The first-order valence-corrected chi connectivity index (χ1v) is 12.8. The van der Waals surface area contributed by atoms with Crippen molar-refractivity contribution < 1.29 is 22.3 Å². The Labute approximate surface area is 192 Å². The van der Waals surface area contributed by atoms with Crippen LogP contribution < -0.4 is 4.72 Å². The normalized spacial score (nSPS) is 16.0. The molecule has 1 aliphatic rings. The second-order valence-electron chi connectivity index (χ2n) is 9.17. The van der Waals surface area contributed by atoms with E-state index in [-0.39, 0.29) is 18.7 Å². The third-order valence-electron chi connectivity index (χ3n) is 5.19. The maximum Gasteiger partial charge on any atom is 0.410 e. The Kier molecular flexibility index (Phi) is 8.72. The molecule has 0 aromatic heterocycles. The van der Waals surface area contributed by atoms with Gasteiger partial charge in [-0.15, -0.1) is 0 Å². The molecule has 32 heavy (non-hydrogen) atoms. The Morgan fingerprint density at radius 1 is 1.31 bits per heavy atom. The fourth-order valence-corrected chi connectivity index (χ4v) is 4.18. The van der Waals surface area contributed by atoms with Crippen LogP contribution in [0.1, 0.15) is 65.5 Å². The van der Waals surface area contributed by atoms with Crippen LogP contribution in [0.2, 0.25) is 0 Å². The second-order valence-corrected chi connectivity index (χ2v) is 11.2. The highest BCUT2D eigenvalue weighted by Gasteiger charge is 2.33. The predicted octanol–water partition coefficient (Wildman–Crippen LogP) is 4.08. The maximum atomic E-state index is 15.2. The van der Waals surface area contributed by atoms with Gasteiger partial charge in [-0.25, -0.2) is 22.3 Å². The van der Waals surface area contributed by atoms with E-state index in [2.05, 4.69) is 16.6 Å². The van der Waals surface area contributed by atoms with E-state index in [4.69, 9.17) is 4.74 Å². The van der Waals surface area contributed by atoms with Crippen molar-refractivity contribution in [3.63, 3.8) is 0 Å². The van der Waals surface area contributed by atoms with Crippen molar-refractivity contribution >= 4 is 16.1 Å². The zero-order valence-electron chi connectivity index (χ0n) is 19.9. The smallest absolute Gasteiger partial charge is 0.410 e. The molecule has 1 saturated carbocycles. The summed E-state index contributed by atoms with van der Waals surface area (Å²) in [7, 11) is -3.53. The van der Waals surface area contributed by atoms with Crippen LogP contribution in [0.25, 0.3) is 0 Å². The number of carbonyl (C=O) groups is 1. The largest absolute Gasteiger partial charge is 0.444 e. The number of carbonyl (C=O) groups excluding carboxylic acids is 1. The first-order chi connectivity index (χ1) is 14.9. The average Bonchev–Trinajstić information content (AvgIpc) is 3.51. The zero-order chi connectivity index (χ0) is 24.1. The van der Waals surface area contributed by atoms with Gasteiger partial charge in [-0.3, -0.25) is 0 Å². The first-order valence-electron chi connectivity index (χ1n) is 11.2. The van der Waals surface area contributed by atoms with Crippen LogP contribution >= 0.6 is 0 Å². The van der Waals surface area contributed by atoms with Gasteiger partial charge in [0, 0.05) is 18.5 Å². The van der Waals surface area contributed by atoms with Crippen LogP contribution in [-0.2, 0) is 21.2 Å². The molecule has 1 fully saturated rings. The van der Waals surface area contributed by atoms with Gasteiger partial charge in [-0.2, -0.15) is 0 Å². The van der Waals surface area contributed by atoms with Gasteiger partial charge in [-0.05, 0) is 72.4 Å². The molecule has 1 aromatic carbocycles. The molecule has 0 radical (unpaired) electrons. The number of benzene rings is 1. The molecule has 0 bridgehead atoms. The molecule has 178 valence electrons. The van der Waals surface area contributed by atoms with Crippen molar-refractivity contribution in [1.29, 1.82) is 0 Å². The molecular formula is C24H35FN2O4S. The van der Waals surface area contributed by atoms with Crippen molar-refractivity contribution in [2.75, 3.05) is 12.3 Å². The quantitative estimate of drug-likeness (QED) is 0.586. The van der Waals surface area contributed by atoms with E-state index in [0.717, 1.165) is 12.8 Å². The SMILES string of the molecule is CCN(C(=O)OC(C)(C)C)C(Cc1cccc(C#CC2CC2)c1F)C(C)NS(=O)(=O)CC. The van der Waals surface area contributed by atoms with Gasteiger partial charge in [-0.1, -0.05) is 24.0 Å². The molecule has 1 N–H and O–H groups in total. The van der Waals surface area contributed by atoms with Crippen LogP contribution in [0, 0.1) is 23.6 Å². The zero-order valence-corrected chi connectivity index (χ0v) is 20.7. The topological polar surface area (TPSA) is 75.7 Å². The lowest BCUT2D eigenvalue weighted by Gasteiger charge is -2.36. The minimum Gasteiger partial charge on any atom is -0.444 e. The molecular weight excluding hydrogens is 431 g/mol. The van der Waals surface area contributed by atoms with Crippen LogP contribution in [0.15, 0.2) is 18.2 Å². The molecule has 0 aliphatic heterocycles. The Hall–Kier alpha value is -2.11. The lowest BCUT2D eigenvalue weighted by atomic mass is 9.97. The number of nitrogens with one attached hydrogen (secondary N) is 1. The Morgan fingerprint density at radius 3 is 2.50 bits per heavy atom. The van der Waals surface area contributed by atoms with Crippen molar-refractivity contribution in [2.24, 2.45) is 5.92 Å². The standard InChI is InChI=1S/C24H35FN2O4S/c1-7-27(23(28)31-24(4,5)6)21(17(3)26-32(29,30)8-2)16-20-11-9-10-19(22(20)25)15-14-18-12-13-18/h9-11,17-18,21,26H,7-8,12-13,16H2,1-6H3. The summed E-state index contributed by atoms with van der Waals surface area (Å²) in [5.41, 5.74) is -0.0254.